The molecule has 0 saturated carbocycles. The molecule has 0 bridgehead atoms. The summed E-state index contributed by atoms with van der Waals surface area (Å²) in [5.41, 5.74) is 0.858. The minimum atomic E-state index is -0.545. The molecule has 2 heterocycles. The first-order valence-corrected chi connectivity index (χ1v) is 11.7. The Morgan fingerprint density at radius 2 is 1.59 bits per heavy atom. The molecule has 6 heteroatoms. The summed E-state index contributed by atoms with van der Waals surface area (Å²) in [6.07, 6.45) is 3.90. The van der Waals surface area contributed by atoms with Gasteiger partial charge in [-0.25, -0.2) is 15.0 Å². The third-order valence-corrected chi connectivity index (χ3v) is 6.02. The van der Waals surface area contributed by atoms with E-state index in [0.717, 1.165) is 17.8 Å². The zero-order valence-electron chi connectivity index (χ0n) is 21.2. The number of nitrogens with zero attached hydrogens (tertiary/aromatic N) is 3. The van der Waals surface area contributed by atoms with Crippen LogP contribution in [0.5, 0.6) is 11.6 Å². The Morgan fingerprint density at radius 3 is 2.18 bits per heavy atom. The number of ether oxygens (including phenoxy) is 2. The van der Waals surface area contributed by atoms with Crippen molar-refractivity contribution in [2.24, 2.45) is 5.41 Å². The van der Waals surface area contributed by atoms with Crippen molar-refractivity contribution in [1.82, 2.24) is 15.0 Å². The highest BCUT2D eigenvalue weighted by molar-refractivity contribution is 5.79. The van der Waals surface area contributed by atoms with Crippen molar-refractivity contribution in [2.75, 3.05) is 0 Å². The first-order valence-electron chi connectivity index (χ1n) is 11.7. The summed E-state index contributed by atoms with van der Waals surface area (Å²) in [5.74, 6) is 1.06. The highest BCUT2D eigenvalue weighted by Gasteiger charge is 2.36. The average molecular weight is 462 g/mol. The van der Waals surface area contributed by atoms with Crippen LogP contribution in [0.3, 0.4) is 0 Å². The topological polar surface area (TPSA) is 74.2 Å². The van der Waals surface area contributed by atoms with Crippen molar-refractivity contribution in [3.63, 3.8) is 0 Å². The van der Waals surface area contributed by atoms with Crippen molar-refractivity contribution in [3.05, 3.63) is 78.0 Å². The molecule has 0 saturated heterocycles. The molecular weight excluding hydrogens is 426 g/mol. The zero-order valence-corrected chi connectivity index (χ0v) is 21.2. The fraction of sp³-hybridized carbons (Fsp3) is 0.429. The Morgan fingerprint density at radius 1 is 0.941 bits per heavy atom. The number of pyridine rings is 1. The fourth-order valence-corrected chi connectivity index (χ4v) is 3.61. The predicted molar refractivity (Wildman–Crippen MR) is 133 cm³/mol. The van der Waals surface area contributed by atoms with Gasteiger partial charge in [-0.1, -0.05) is 65.8 Å². The Labute approximate surface area is 202 Å². The highest BCUT2D eigenvalue weighted by atomic mass is 16.5. The van der Waals surface area contributed by atoms with Gasteiger partial charge in [0.15, 0.2) is 0 Å². The average Bonchev–Trinajstić information content (AvgIpc) is 2.79. The fourth-order valence-electron chi connectivity index (χ4n) is 3.61. The third-order valence-electron chi connectivity index (χ3n) is 6.02. The smallest absolute Gasteiger partial charge is 0.314 e. The molecule has 1 aromatic carbocycles. The SMILES string of the molecule is CCC(C)(C)c1ncc(C(C(=O)OC(C)c2cccc(Oc3ccccc3)n2)C(C)(C)C)cn1. The number of carbonyl (C=O) groups excluding carboxylic acids is 1. The molecule has 0 radical (unpaired) electrons. The molecule has 3 rings (SSSR count). The van der Waals surface area contributed by atoms with Crippen LogP contribution < -0.4 is 4.74 Å². The largest absolute Gasteiger partial charge is 0.456 e. The lowest BCUT2D eigenvalue weighted by Crippen LogP contribution is -2.30. The van der Waals surface area contributed by atoms with E-state index in [-0.39, 0.29) is 16.8 Å². The molecule has 6 nitrogen and oxygen atoms in total. The van der Waals surface area contributed by atoms with E-state index in [1.807, 2.05) is 70.2 Å². The van der Waals surface area contributed by atoms with Crippen LogP contribution in [-0.4, -0.2) is 20.9 Å². The van der Waals surface area contributed by atoms with Crippen LogP contribution in [-0.2, 0) is 14.9 Å². The maximum absolute atomic E-state index is 13.4. The van der Waals surface area contributed by atoms with Gasteiger partial charge in [0.05, 0.1) is 11.6 Å². The van der Waals surface area contributed by atoms with Gasteiger partial charge in [-0.2, -0.15) is 0 Å². The van der Waals surface area contributed by atoms with E-state index < -0.39 is 12.0 Å². The number of aromatic nitrogens is 3. The summed E-state index contributed by atoms with van der Waals surface area (Å²) in [5, 5.41) is 0. The van der Waals surface area contributed by atoms with Gasteiger partial charge < -0.3 is 9.47 Å². The standard InChI is InChI=1S/C28H35N3O3/c1-8-28(6,7)26-29-17-20(18-30-26)24(27(3,4)5)25(32)33-19(2)22-15-12-16-23(31-22)34-21-13-10-9-11-14-21/h9-19,24H,8H2,1-7H3. The van der Waals surface area contributed by atoms with E-state index in [1.165, 1.54) is 0 Å². The molecule has 0 aliphatic carbocycles. The molecule has 0 spiro atoms. The van der Waals surface area contributed by atoms with E-state index in [1.54, 1.807) is 18.5 Å². The number of rotatable bonds is 8. The molecule has 0 N–H and O–H groups in total. The van der Waals surface area contributed by atoms with Gasteiger partial charge >= 0.3 is 5.97 Å². The quantitative estimate of drug-likeness (QED) is 0.344. The summed E-state index contributed by atoms with van der Waals surface area (Å²) in [4.78, 5) is 27.0. The number of esters is 1. The van der Waals surface area contributed by atoms with E-state index in [2.05, 4.69) is 35.7 Å². The zero-order chi connectivity index (χ0) is 24.9. The van der Waals surface area contributed by atoms with E-state index >= 15 is 0 Å². The number of carbonyl (C=O) groups is 1. The Hall–Kier alpha value is -3.28. The second kappa shape index (κ2) is 10.3. The lowest BCUT2D eigenvalue weighted by Gasteiger charge is -2.30. The first-order chi connectivity index (χ1) is 16.0. The van der Waals surface area contributed by atoms with Gasteiger partial charge in [0.25, 0.3) is 0 Å². The van der Waals surface area contributed by atoms with Crippen LogP contribution in [0.25, 0.3) is 0 Å². The van der Waals surface area contributed by atoms with Crippen LogP contribution >= 0.6 is 0 Å². The highest BCUT2D eigenvalue weighted by Crippen LogP contribution is 2.37. The Balaban J connectivity index is 1.78. The molecule has 2 aromatic heterocycles. The van der Waals surface area contributed by atoms with Crippen molar-refractivity contribution in [2.45, 2.75) is 72.3 Å². The lowest BCUT2D eigenvalue weighted by molar-refractivity contribution is -0.153. The van der Waals surface area contributed by atoms with E-state index in [4.69, 9.17) is 9.47 Å². The third kappa shape index (κ3) is 6.19. The van der Waals surface area contributed by atoms with Crippen molar-refractivity contribution in [3.8, 4) is 11.6 Å². The molecule has 2 unspecified atom stereocenters. The maximum Gasteiger partial charge on any atom is 0.314 e. The van der Waals surface area contributed by atoms with Gasteiger partial charge in [0, 0.05) is 29.4 Å². The first kappa shape index (κ1) is 25.3. The molecule has 34 heavy (non-hydrogen) atoms. The molecule has 2 atom stereocenters. The van der Waals surface area contributed by atoms with Crippen LogP contribution in [0.1, 0.15) is 84.0 Å². The number of hydrogen-bond acceptors (Lipinski definition) is 6. The second-order valence-electron chi connectivity index (χ2n) is 10.3. The van der Waals surface area contributed by atoms with Crippen LogP contribution in [0.4, 0.5) is 0 Å². The number of benzene rings is 1. The van der Waals surface area contributed by atoms with Gasteiger partial charge in [-0.15, -0.1) is 0 Å². The normalized spacial score (nSPS) is 13.7. The van der Waals surface area contributed by atoms with Gasteiger partial charge in [-0.05, 0) is 37.0 Å². The predicted octanol–water partition coefficient (Wildman–Crippen LogP) is 6.79. The molecule has 0 aliphatic rings. The van der Waals surface area contributed by atoms with Crippen molar-refractivity contribution >= 4 is 5.97 Å². The molecule has 180 valence electrons. The van der Waals surface area contributed by atoms with Crippen LogP contribution in [0, 0.1) is 5.41 Å². The Kier molecular flexibility index (Phi) is 7.70. The summed E-state index contributed by atoms with van der Waals surface area (Å²) in [7, 11) is 0. The van der Waals surface area contributed by atoms with Crippen molar-refractivity contribution < 1.29 is 14.3 Å². The summed E-state index contributed by atoms with van der Waals surface area (Å²) in [6, 6.07) is 14.9. The molecule has 0 fully saturated rings. The molecule has 0 amide bonds. The maximum atomic E-state index is 13.4. The van der Waals surface area contributed by atoms with Gasteiger partial charge in [-0.3, -0.25) is 4.79 Å². The van der Waals surface area contributed by atoms with E-state index in [0.29, 0.717) is 17.3 Å². The number of para-hydroxylation sites is 1. The van der Waals surface area contributed by atoms with Gasteiger partial charge in [0.1, 0.15) is 17.7 Å². The minimum Gasteiger partial charge on any atom is -0.456 e. The summed E-state index contributed by atoms with van der Waals surface area (Å²) in [6.45, 7) is 14.2. The lowest BCUT2D eigenvalue weighted by atomic mass is 9.77. The monoisotopic (exact) mass is 461 g/mol. The van der Waals surface area contributed by atoms with E-state index in [9.17, 15) is 4.79 Å². The molecule has 0 aliphatic heterocycles. The van der Waals surface area contributed by atoms with Gasteiger partial charge in [0.2, 0.25) is 5.88 Å². The second-order valence-corrected chi connectivity index (χ2v) is 10.3. The Bertz CT molecular complexity index is 1090. The summed E-state index contributed by atoms with van der Waals surface area (Å²) >= 11 is 0. The van der Waals surface area contributed by atoms with Crippen molar-refractivity contribution in [1.29, 1.82) is 0 Å². The summed E-state index contributed by atoms with van der Waals surface area (Å²) < 4.78 is 11.7. The molecule has 3 aromatic rings. The number of hydrogen-bond donors (Lipinski definition) is 0. The van der Waals surface area contributed by atoms with Crippen LogP contribution in [0.2, 0.25) is 0 Å². The minimum absolute atomic E-state index is 0.122. The molecular formula is C28H35N3O3. The van der Waals surface area contributed by atoms with Crippen LogP contribution in [0.15, 0.2) is 60.9 Å².